The van der Waals surface area contributed by atoms with Crippen LogP contribution in [-0.4, -0.2) is 47.1 Å². The fourth-order valence-electron chi connectivity index (χ4n) is 4.39. The molecule has 0 unspecified atom stereocenters. The Morgan fingerprint density at radius 2 is 1.57 bits per heavy atom. The Morgan fingerprint density at radius 1 is 0.826 bits per heavy atom. The zero-order valence-corrected chi connectivity index (χ0v) is 14.7. The quantitative estimate of drug-likeness (QED) is 0.775. The summed E-state index contributed by atoms with van der Waals surface area (Å²) < 4.78 is 0. The lowest BCUT2D eigenvalue weighted by Crippen LogP contribution is -2.47. The van der Waals surface area contributed by atoms with Crippen LogP contribution in [0, 0.1) is 0 Å². The summed E-state index contributed by atoms with van der Waals surface area (Å²) in [5.41, 5.74) is 2.40. The Kier molecular flexibility index (Phi) is 4.72. The average molecular weight is 335 g/mol. The summed E-state index contributed by atoms with van der Waals surface area (Å²) in [6.07, 6.45) is 11.2. The number of hydrogen-bond donors (Lipinski definition) is 0. The van der Waals surface area contributed by atoms with Gasteiger partial charge in [0, 0.05) is 24.7 Å². The van der Waals surface area contributed by atoms with Crippen molar-refractivity contribution in [2.75, 3.05) is 31.1 Å². The van der Waals surface area contributed by atoms with Crippen LogP contribution in [0.2, 0.25) is 5.15 Å². The second-order valence-electron chi connectivity index (χ2n) is 7.26. The molecule has 0 spiro atoms. The number of halogens is 1. The van der Waals surface area contributed by atoms with Crippen LogP contribution in [0.4, 0.5) is 5.95 Å². The number of fused-ring (bicyclic) bond motifs is 1. The largest absolute Gasteiger partial charge is 0.341 e. The van der Waals surface area contributed by atoms with E-state index in [0.29, 0.717) is 5.15 Å². The Bertz CT molecular complexity index is 548. The topological polar surface area (TPSA) is 32.3 Å². The lowest BCUT2D eigenvalue weighted by Gasteiger charge is -2.40. The van der Waals surface area contributed by atoms with Gasteiger partial charge in [-0.15, -0.1) is 0 Å². The number of nitrogens with zero attached hydrogens (tertiary/aromatic N) is 4. The molecular formula is C18H27ClN4. The molecule has 126 valence electrons. The van der Waals surface area contributed by atoms with Gasteiger partial charge in [0.25, 0.3) is 0 Å². The van der Waals surface area contributed by atoms with Crippen molar-refractivity contribution in [2.45, 2.75) is 63.8 Å². The summed E-state index contributed by atoms with van der Waals surface area (Å²) in [5, 5.41) is 0.697. The SMILES string of the molecule is Clc1nc(N2CCC(N3CCCCC3)CC2)nc2c1CCCC2. The molecule has 0 saturated carbocycles. The molecule has 23 heavy (non-hydrogen) atoms. The zero-order chi connectivity index (χ0) is 15.6. The first-order chi connectivity index (χ1) is 11.3. The predicted molar refractivity (Wildman–Crippen MR) is 94.3 cm³/mol. The van der Waals surface area contributed by atoms with Crippen molar-refractivity contribution in [1.82, 2.24) is 14.9 Å². The molecule has 0 atom stereocenters. The standard InChI is InChI=1S/C18H27ClN4/c19-17-15-6-2-3-7-16(15)20-18(21-17)23-12-8-14(9-13-23)22-10-4-1-5-11-22/h14H,1-13H2. The third-order valence-corrected chi connectivity index (χ3v) is 6.09. The highest BCUT2D eigenvalue weighted by Gasteiger charge is 2.27. The van der Waals surface area contributed by atoms with Crippen molar-refractivity contribution >= 4 is 17.5 Å². The van der Waals surface area contributed by atoms with E-state index in [1.54, 1.807) is 0 Å². The molecule has 0 bridgehead atoms. The Balaban J connectivity index is 1.43. The van der Waals surface area contributed by atoms with Gasteiger partial charge in [0.2, 0.25) is 5.95 Å². The number of aryl methyl sites for hydroxylation is 1. The molecule has 0 amide bonds. The maximum Gasteiger partial charge on any atom is 0.227 e. The second-order valence-corrected chi connectivity index (χ2v) is 7.62. The minimum atomic E-state index is 0.697. The molecular weight excluding hydrogens is 308 g/mol. The molecule has 0 radical (unpaired) electrons. The Labute approximate surface area is 144 Å². The van der Waals surface area contributed by atoms with Crippen LogP contribution in [-0.2, 0) is 12.8 Å². The summed E-state index contributed by atoms with van der Waals surface area (Å²) in [7, 11) is 0. The van der Waals surface area contributed by atoms with Crippen LogP contribution < -0.4 is 4.90 Å². The van der Waals surface area contributed by atoms with Gasteiger partial charge in [0.15, 0.2) is 0 Å². The monoisotopic (exact) mass is 334 g/mol. The van der Waals surface area contributed by atoms with Crippen molar-refractivity contribution in [3.8, 4) is 0 Å². The van der Waals surface area contributed by atoms with Crippen molar-refractivity contribution < 1.29 is 0 Å². The van der Waals surface area contributed by atoms with Crippen LogP contribution in [0.5, 0.6) is 0 Å². The molecule has 0 N–H and O–H groups in total. The maximum absolute atomic E-state index is 6.43. The van der Waals surface area contributed by atoms with Crippen molar-refractivity contribution in [3.63, 3.8) is 0 Å². The Hall–Kier alpha value is -0.870. The number of aromatic nitrogens is 2. The molecule has 2 saturated heterocycles. The van der Waals surface area contributed by atoms with Crippen molar-refractivity contribution in [1.29, 1.82) is 0 Å². The number of piperidine rings is 2. The zero-order valence-electron chi connectivity index (χ0n) is 13.9. The first-order valence-corrected chi connectivity index (χ1v) is 9.73. The predicted octanol–water partition coefficient (Wildman–Crippen LogP) is 3.46. The molecule has 1 aromatic rings. The van der Waals surface area contributed by atoms with Gasteiger partial charge in [-0.25, -0.2) is 9.97 Å². The van der Waals surface area contributed by atoms with Gasteiger partial charge in [-0.1, -0.05) is 18.0 Å². The molecule has 5 heteroatoms. The highest BCUT2D eigenvalue weighted by Crippen LogP contribution is 2.29. The normalized spacial score (nSPS) is 23.8. The first-order valence-electron chi connectivity index (χ1n) is 9.35. The van der Waals surface area contributed by atoms with Gasteiger partial charge in [-0.2, -0.15) is 0 Å². The van der Waals surface area contributed by atoms with E-state index in [1.165, 1.54) is 69.3 Å². The van der Waals surface area contributed by atoms with Crippen LogP contribution in [0.3, 0.4) is 0 Å². The lowest BCUT2D eigenvalue weighted by atomic mass is 9.97. The van der Waals surface area contributed by atoms with Gasteiger partial charge in [-0.05, 0) is 64.5 Å². The second kappa shape index (κ2) is 6.94. The van der Waals surface area contributed by atoms with Crippen molar-refractivity contribution in [2.24, 2.45) is 0 Å². The van der Waals surface area contributed by atoms with E-state index in [9.17, 15) is 0 Å². The van der Waals surface area contributed by atoms with E-state index < -0.39 is 0 Å². The van der Waals surface area contributed by atoms with E-state index in [4.69, 9.17) is 16.6 Å². The van der Waals surface area contributed by atoms with Gasteiger partial charge in [0.1, 0.15) is 5.15 Å². The fourth-order valence-corrected chi connectivity index (χ4v) is 4.67. The summed E-state index contributed by atoms with van der Waals surface area (Å²) in [6, 6.07) is 0.764. The van der Waals surface area contributed by atoms with Crippen LogP contribution in [0.1, 0.15) is 56.2 Å². The van der Waals surface area contributed by atoms with Crippen molar-refractivity contribution in [3.05, 3.63) is 16.4 Å². The van der Waals surface area contributed by atoms with Crippen LogP contribution in [0.25, 0.3) is 0 Å². The molecule has 1 aromatic heterocycles. The third-order valence-electron chi connectivity index (χ3n) is 5.78. The summed E-state index contributed by atoms with van der Waals surface area (Å²) in [5.74, 6) is 0.868. The van der Waals surface area contributed by atoms with Gasteiger partial charge >= 0.3 is 0 Å². The molecule has 1 aliphatic carbocycles. The fraction of sp³-hybridized carbons (Fsp3) is 0.778. The summed E-state index contributed by atoms with van der Waals surface area (Å²) >= 11 is 6.43. The highest BCUT2D eigenvalue weighted by molar-refractivity contribution is 6.30. The highest BCUT2D eigenvalue weighted by atomic mass is 35.5. The summed E-state index contributed by atoms with van der Waals surface area (Å²) in [6.45, 7) is 4.73. The number of rotatable bonds is 2. The van der Waals surface area contributed by atoms with Crippen LogP contribution >= 0.6 is 11.6 Å². The van der Waals surface area contributed by atoms with E-state index >= 15 is 0 Å². The number of hydrogen-bond acceptors (Lipinski definition) is 4. The number of anilines is 1. The minimum absolute atomic E-state index is 0.697. The van der Waals surface area contributed by atoms with Crippen LogP contribution in [0.15, 0.2) is 0 Å². The molecule has 4 nitrogen and oxygen atoms in total. The molecule has 0 aromatic carbocycles. The van der Waals surface area contributed by atoms with Gasteiger partial charge in [0.05, 0.1) is 5.69 Å². The maximum atomic E-state index is 6.43. The van der Waals surface area contributed by atoms with Gasteiger partial charge < -0.3 is 9.80 Å². The first kappa shape index (κ1) is 15.6. The minimum Gasteiger partial charge on any atom is -0.341 e. The third kappa shape index (κ3) is 3.34. The number of likely N-dealkylation sites (tertiary alicyclic amines) is 1. The van der Waals surface area contributed by atoms with E-state index in [2.05, 4.69) is 14.8 Å². The van der Waals surface area contributed by atoms with E-state index in [0.717, 1.165) is 37.9 Å². The lowest BCUT2D eigenvalue weighted by molar-refractivity contribution is 0.141. The molecule has 4 rings (SSSR count). The molecule has 3 heterocycles. The molecule has 2 aliphatic heterocycles. The molecule has 3 aliphatic rings. The Morgan fingerprint density at radius 3 is 2.35 bits per heavy atom. The smallest absolute Gasteiger partial charge is 0.227 e. The summed E-state index contributed by atoms with van der Waals surface area (Å²) in [4.78, 5) is 14.5. The van der Waals surface area contributed by atoms with E-state index in [1.807, 2.05) is 0 Å². The molecule has 2 fully saturated rings. The average Bonchev–Trinajstić information content (AvgIpc) is 2.63. The van der Waals surface area contributed by atoms with E-state index in [-0.39, 0.29) is 0 Å². The van der Waals surface area contributed by atoms with Gasteiger partial charge in [-0.3, -0.25) is 0 Å².